The van der Waals surface area contributed by atoms with Crippen molar-refractivity contribution in [1.29, 1.82) is 0 Å². The lowest BCUT2D eigenvalue weighted by Gasteiger charge is -2.11. The number of carbonyl (C=O) groups excluding carboxylic acids is 1. The van der Waals surface area contributed by atoms with Gasteiger partial charge in [0.05, 0.1) is 0 Å². The summed E-state index contributed by atoms with van der Waals surface area (Å²) in [5.41, 5.74) is 4.20. The van der Waals surface area contributed by atoms with E-state index in [2.05, 4.69) is 31.4 Å². The average Bonchev–Trinajstić information content (AvgIpc) is 2.74. The smallest absolute Gasteiger partial charge is 0.287 e. The van der Waals surface area contributed by atoms with Crippen molar-refractivity contribution in [3.8, 4) is 0 Å². The first-order valence-corrected chi connectivity index (χ1v) is 6.25. The average molecular weight is 284 g/mol. The van der Waals surface area contributed by atoms with Crippen LogP contribution in [0.15, 0.2) is 21.8 Å². The third kappa shape index (κ3) is 2.95. The van der Waals surface area contributed by atoms with Crippen LogP contribution in [0.5, 0.6) is 0 Å². The third-order valence-electron chi connectivity index (χ3n) is 2.64. The summed E-state index contributed by atoms with van der Waals surface area (Å²) >= 11 is 3.28. The number of H-pyrrole nitrogens is 1. The lowest BCUT2D eigenvalue weighted by molar-refractivity contribution is 0.0950. The number of hydrogen-bond acceptors (Lipinski definition) is 2. The van der Waals surface area contributed by atoms with Crippen LogP contribution in [0.25, 0.3) is 0 Å². The van der Waals surface area contributed by atoms with Crippen molar-refractivity contribution in [2.45, 2.75) is 32.1 Å². The first kappa shape index (κ1) is 11.4. The minimum absolute atomic E-state index is 0.191. The van der Waals surface area contributed by atoms with Gasteiger partial charge in [0.25, 0.3) is 5.91 Å². The molecule has 1 aromatic heterocycles. The number of hydrogen-bond donors (Lipinski definition) is 2. The number of aromatic amines is 1. The van der Waals surface area contributed by atoms with E-state index < -0.39 is 0 Å². The number of nitrogens with zero attached hydrogens (tertiary/aromatic N) is 1. The highest BCUT2D eigenvalue weighted by molar-refractivity contribution is 9.10. The maximum absolute atomic E-state index is 11.6. The second-order valence-corrected chi connectivity index (χ2v) is 4.83. The molecule has 2 N–H and O–H groups in total. The second kappa shape index (κ2) is 5.30. The van der Waals surface area contributed by atoms with Gasteiger partial charge in [0.1, 0.15) is 5.69 Å². The quantitative estimate of drug-likeness (QED) is 0.806. The zero-order chi connectivity index (χ0) is 11.4. The van der Waals surface area contributed by atoms with Gasteiger partial charge in [-0.1, -0.05) is 6.42 Å². The van der Waals surface area contributed by atoms with Gasteiger partial charge in [-0.3, -0.25) is 4.79 Å². The Bertz CT molecular complexity index is 403. The number of hydrazone groups is 1. The van der Waals surface area contributed by atoms with Crippen LogP contribution in [-0.4, -0.2) is 16.6 Å². The number of rotatable bonds is 2. The fraction of sp³-hybridized carbons (Fsp3) is 0.455. The maximum atomic E-state index is 11.6. The van der Waals surface area contributed by atoms with Crippen LogP contribution in [0.2, 0.25) is 0 Å². The predicted octanol–water partition coefficient (Wildman–Crippen LogP) is 2.83. The molecule has 1 aliphatic carbocycles. The molecule has 0 spiro atoms. The fourth-order valence-electron chi connectivity index (χ4n) is 1.76. The van der Waals surface area contributed by atoms with E-state index in [1.54, 1.807) is 12.3 Å². The molecule has 86 valence electrons. The Kier molecular flexibility index (Phi) is 3.77. The molecule has 0 saturated heterocycles. The van der Waals surface area contributed by atoms with E-state index >= 15 is 0 Å². The number of nitrogens with one attached hydrogen (secondary N) is 2. The fourth-order valence-corrected chi connectivity index (χ4v) is 2.10. The number of amides is 1. The summed E-state index contributed by atoms with van der Waals surface area (Å²) in [6.07, 6.45) is 7.38. The Labute approximate surface area is 103 Å². The molecule has 1 amide bonds. The van der Waals surface area contributed by atoms with Gasteiger partial charge >= 0.3 is 0 Å². The summed E-state index contributed by atoms with van der Waals surface area (Å²) in [6.45, 7) is 0. The zero-order valence-electron chi connectivity index (χ0n) is 8.92. The third-order valence-corrected chi connectivity index (χ3v) is 3.10. The molecular weight excluding hydrogens is 270 g/mol. The number of halogens is 1. The van der Waals surface area contributed by atoms with Gasteiger partial charge in [0.2, 0.25) is 0 Å². The highest BCUT2D eigenvalue weighted by Gasteiger charge is 2.09. The molecule has 0 aromatic carbocycles. The molecule has 0 radical (unpaired) electrons. The van der Waals surface area contributed by atoms with Crippen LogP contribution in [0.3, 0.4) is 0 Å². The number of aromatic nitrogens is 1. The summed E-state index contributed by atoms with van der Waals surface area (Å²) in [7, 11) is 0. The summed E-state index contributed by atoms with van der Waals surface area (Å²) < 4.78 is 0.864. The van der Waals surface area contributed by atoms with Crippen molar-refractivity contribution in [1.82, 2.24) is 10.4 Å². The highest BCUT2D eigenvalue weighted by atomic mass is 79.9. The molecule has 16 heavy (non-hydrogen) atoms. The van der Waals surface area contributed by atoms with Crippen molar-refractivity contribution in [2.24, 2.45) is 5.10 Å². The molecule has 1 heterocycles. The summed E-state index contributed by atoms with van der Waals surface area (Å²) in [5.74, 6) is -0.191. The van der Waals surface area contributed by atoms with Crippen LogP contribution < -0.4 is 5.43 Å². The van der Waals surface area contributed by atoms with Gasteiger partial charge in [-0.25, -0.2) is 5.43 Å². The van der Waals surface area contributed by atoms with E-state index in [4.69, 9.17) is 0 Å². The van der Waals surface area contributed by atoms with E-state index in [1.807, 2.05) is 0 Å². The van der Waals surface area contributed by atoms with Gasteiger partial charge < -0.3 is 4.98 Å². The van der Waals surface area contributed by atoms with E-state index in [-0.39, 0.29) is 5.91 Å². The van der Waals surface area contributed by atoms with Gasteiger partial charge in [-0.15, -0.1) is 0 Å². The Morgan fingerprint density at radius 2 is 2.12 bits per heavy atom. The Morgan fingerprint density at radius 1 is 1.38 bits per heavy atom. The molecular formula is C11H14BrN3O. The van der Waals surface area contributed by atoms with Crippen LogP contribution in [0.1, 0.15) is 42.6 Å². The van der Waals surface area contributed by atoms with Gasteiger partial charge in [-0.2, -0.15) is 5.10 Å². The largest absolute Gasteiger partial charge is 0.356 e. The van der Waals surface area contributed by atoms with Crippen LogP contribution in [-0.2, 0) is 0 Å². The molecule has 1 fully saturated rings. The molecule has 0 unspecified atom stereocenters. The Morgan fingerprint density at radius 3 is 2.75 bits per heavy atom. The second-order valence-electron chi connectivity index (χ2n) is 3.91. The lowest BCUT2D eigenvalue weighted by atomic mass is 9.99. The molecule has 1 saturated carbocycles. The molecule has 0 bridgehead atoms. The van der Waals surface area contributed by atoms with Crippen molar-refractivity contribution in [3.63, 3.8) is 0 Å². The molecule has 0 atom stereocenters. The molecule has 0 aliphatic heterocycles. The molecule has 5 heteroatoms. The Balaban J connectivity index is 1.92. The van der Waals surface area contributed by atoms with E-state index in [0.29, 0.717) is 5.69 Å². The minimum atomic E-state index is -0.191. The van der Waals surface area contributed by atoms with E-state index in [9.17, 15) is 4.79 Å². The molecule has 4 nitrogen and oxygen atoms in total. The molecule has 2 rings (SSSR count). The number of carbonyl (C=O) groups is 1. The van der Waals surface area contributed by atoms with E-state index in [0.717, 1.165) is 23.0 Å². The Hall–Kier alpha value is -1.10. The van der Waals surface area contributed by atoms with Gasteiger partial charge in [0, 0.05) is 16.4 Å². The molecule has 1 aliphatic rings. The van der Waals surface area contributed by atoms with Crippen molar-refractivity contribution in [2.75, 3.05) is 0 Å². The van der Waals surface area contributed by atoms with Gasteiger partial charge in [0.15, 0.2) is 0 Å². The van der Waals surface area contributed by atoms with E-state index in [1.165, 1.54) is 19.3 Å². The molecule has 1 aromatic rings. The minimum Gasteiger partial charge on any atom is -0.356 e. The van der Waals surface area contributed by atoms with Gasteiger partial charge in [-0.05, 0) is 47.7 Å². The van der Waals surface area contributed by atoms with Crippen molar-refractivity contribution >= 4 is 27.5 Å². The summed E-state index contributed by atoms with van der Waals surface area (Å²) in [4.78, 5) is 14.5. The monoisotopic (exact) mass is 283 g/mol. The SMILES string of the molecule is O=C(NN=C1CCCCC1)c1cc(Br)c[nH]1. The summed E-state index contributed by atoms with van der Waals surface area (Å²) in [6, 6.07) is 1.73. The summed E-state index contributed by atoms with van der Waals surface area (Å²) in [5, 5.41) is 4.15. The topological polar surface area (TPSA) is 57.2 Å². The normalized spacial score (nSPS) is 15.9. The standard InChI is InChI=1S/C11H14BrN3O/c12-8-6-10(13-7-8)11(16)15-14-9-4-2-1-3-5-9/h6-7,13H,1-5H2,(H,15,16). The first-order chi connectivity index (χ1) is 7.75. The van der Waals surface area contributed by atoms with Crippen LogP contribution >= 0.6 is 15.9 Å². The van der Waals surface area contributed by atoms with Crippen LogP contribution in [0, 0.1) is 0 Å². The maximum Gasteiger partial charge on any atom is 0.287 e. The van der Waals surface area contributed by atoms with Crippen LogP contribution in [0.4, 0.5) is 0 Å². The lowest BCUT2D eigenvalue weighted by Crippen LogP contribution is -2.20. The first-order valence-electron chi connectivity index (χ1n) is 5.45. The predicted molar refractivity (Wildman–Crippen MR) is 66.5 cm³/mol. The zero-order valence-corrected chi connectivity index (χ0v) is 10.5. The highest BCUT2D eigenvalue weighted by Crippen LogP contribution is 2.14. The van der Waals surface area contributed by atoms with Crippen molar-refractivity contribution in [3.05, 3.63) is 22.4 Å². The van der Waals surface area contributed by atoms with Crippen molar-refractivity contribution < 1.29 is 4.79 Å².